The van der Waals surface area contributed by atoms with Crippen LogP contribution in [0.15, 0.2) is 9.63 Å². The van der Waals surface area contributed by atoms with Crippen molar-refractivity contribution in [1.82, 2.24) is 9.97 Å². The number of aromatic nitrogens is 2. The van der Waals surface area contributed by atoms with Crippen LogP contribution in [0.3, 0.4) is 0 Å². The first kappa shape index (κ1) is 16.6. The Morgan fingerprint density at radius 1 is 1.38 bits per heavy atom. The first-order chi connectivity index (χ1) is 11.6. The van der Waals surface area contributed by atoms with E-state index in [1.165, 1.54) is 11.8 Å². The van der Waals surface area contributed by atoms with E-state index >= 15 is 0 Å². The number of ether oxygens (including phenoxy) is 2. The van der Waals surface area contributed by atoms with Crippen LogP contribution in [-0.2, 0) is 4.74 Å². The molecular formula is C15H14BrClFN3O2S. The van der Waals surface area contributed by atoms with E-state index in [2.05, 4.69) is 30.8 Å². The minimum Gasteiger partial charge on any atom is -0.489 e. The van der Waals surface area contributed by atoms with Crippen LogP contribution >= 0.6 is 39.3 Å². The van der Waals surface area contributed by atoms with E-state index in [-0.39, 0.29) is 21.1 Å². The molecule has 24 heavy (non-hydrogen) atoms. The van der Waals surface area contributed by atoms with Crippen molar-refractivity contribution < 1.29 is 13.9 Å². The van der Waals surface area contributed by atoms with Gasteiger partial charge in [0, 0.05) is 6.61 Å². The molecule has 2 aliphatic heterocycles. The van der Waals surface area contributed by atoms with Crippen LogP contribution in [-0.4, -0.2) is 48.6 Å². The molecule has 9 heteroatoms. The molecule has 0 radical (unpaired) electrons. The molecule has 2 aromatic rings. The fourth-order valence-corrected chi connectivity index (χ4v) is 4.08. The molecule has 1 fully saturated rings. The summed E-state index contributed by atoms with van der Waals surface area (Å²) in [5.74, 6) is 0.607. The van der Waals surface area contributed by atoms with Gasteiger partial charge in [0.1, 0.15) is 23.0 Å². The van der Waals surface area contributed by atoms with Crippen molar-refractivity contribution in [3.8, 4) is 5.75 Å². The molecule has 128 valence electrons. The lowest BCUT2D eigenvalue weighted by atomic mass is 10.1. The van der Waals surface area contributed by atoms with Gasteiger partial charge < -0.3 is 14.4 Å². The van der Waals surface area contributed by atoms with Crippen LogP contribution in [0.5, 0.6) is 5.75 Å². The third-order valence-corrected chi connectivity index (χ3v) is 6.15. The molecular weight excluding hydrogens is 421 g/mol. The normalized spacial score (nSPS) is 20.3. The topological polar surface area (TPSA) is 47.5 Å². The van der Waals surface area contributed by atoms with Gasteiger partial charge >= 0.3 is 0 Å². The predicted molar refractivity (Wildman–Crippen MR) is 96.1 cm³/mol. The summed E-state index contributed by atoms with van der Waals surface area (Å²) in [4.78, 5) is 11.1. The molecule has 0 spiro atoms. The highest BCUT2D eigenvalue weighted by molar-refractivity contribution is 9.10. The number of benzene rings is 1. The third-order valence-electron chi connectivity index (χ3n) is 4.27. The largest absolute Gasteiger partial charge is 0.489 e. The number of hydrogen-bond acceptors (Lipinski definition) is 6. The summed E-state index contributed by atoms with van der Waals surface area (Å²) in [5.41, 5.74) is 0.224. The molecule has 1 saturated heterocycles. The van der Waals surface area contributed by atoms with E-state index in [9.17, 15) is 4.39 Å². The molecule has 1 atom stereocenters. The van der Waals surface area contributed by atoms with E-state index in [1.54, 1.807) is 0 Å². The van der Waals surface area contributed by atoms with Crippen LogP contribution < -0.4 is 9.64 Å². The number of halogens is 3. The van der Waals surface area contributed by atoms with Crippen LogP contribution in [0, 0.1) is 5.82 Å². The van der Waals surface area contributed by atoms with Crippen molar-refractivity contribution in [3.05, 3.63) is 15.3 Å². The first-order valence-corrected chi connectivity index (χ1v) is 9.90. The lowest BCUT2D eigenvalue weighted by molar-refractivity contribution is 0.192. The van der Waals surface area contributed by atoms with Crippen molar-refractivity contribution in [3.63, 3.8) is 0 Å². The summed E-state index contributed by atoms with van der Waals surface area (Å²) in [5, 5.41) is 1.26. The molecule has 5 nitrogen and oxygen atoms in total. The zero-order valence-corrected chi connectivity index (χ0v) is 16.0. The van der Waals surface area contributed by atoms with E-state index in [1.807, 2.05) is 6.26 Å². The standard InChI is InChI=1S/C15H14BrClFN3O2S/c1-24-15-19-12-8-13(10(17)9(16)11(12)18)23-5-3-21(14(8)20-15)7-2-4-22-6-7/h7H,2-6H2,1H3/t7-/m1/s1. The molecule has 1 aromatic carbocycles. The van der Waals surface area contributed by atoms with Gasteiger partial charge in [-0.05, 0) is 28.6 Å². The van der Waals surface area contributed by atoms with Gasteiger partial charge in [-0.15, -0.1) is 0 Å². The van der Waals surface area contributed by atoms with Gasteiger partial charge in [-0.1, -0.05) is 23.4 Å². The van der Waals surface area contributed by atoms with Gasteiger partial charge in [0.15, 0.2) is 16.7 Å². The Morgan fingerprint density at radius 2 is 2.21 bits per heavy atom. The SMILES string of the molecule is CSc1nc2c3c(c(Cl)c(Br)c(F)c3n1)OCCN2[C@@H]1CCOC1. The Kier molecular flexibility index (Phi) is 4.49. The lowest BCUT2D eigenvalue weighted by Gasteiger charge is -2.28. The summed E-state index contributed by atoms with van der Waals surface area (Å²) < 4.78 is 26.3. The zero-order chi connectivity index (χ0) is 16.8. The predicted octanol–water partition coefficient (Wildman–Crippen LogP) is 3.89. The highest BCUT2D eigenvalue weighted by atomic mass is 79.9. The summed E-state index contributed by atoms with van der Waals surface area (Å²) in [6.45, 7) is 2.42. The Balaban J connectivity index is 2.04. The van der Waals surface area contributed by atoms with Crippen LogP contribution in [0.1, 0.15) is 6.42 Å². The maximum Gasteiger partial charge on any atom is 0.189 e. The Morgan fingerprint density at radius 3 is 2.92 bits per heavy atom. The average molecular weight is 435 g/mol. The number of rotatable bonds is 2. The van der Waals surface area contributed by atoms with Crippen LogP contribution in [0.4, 0.5) is 10.2 Å². The van der Waals surface area contributed by atoms with Crippen molar-refractivity contribution in [1.29, 1.82) is 0 Å². The second-order valence-electron chi connectivity index (χ2n) is 5.59. The van der Waals surface area contributed by atoms with Crippen molar-refractivity contribution >= 4 is 56.0 Å². The Bertz CT molecular complexity index is 819. The molecule has 2 aliphatic rings. The van der Waals surface area contributed by atoms with Crippen molar-refractivity contribution in [2.45, 2.75) is 17.6 Å². The van der Waals surface area contributed by atoms with Crippen LogP contribution in [0.25, 0.3) is 10.9 Å². The monoisotopic (exact) mass is 433 g/mol. The molecule has 0 aliphatic carbocycles. The van der Waals surface area contributed by atoms with Crippen molar-refractivity contribution in [2.75, 3.05) is 37.5 Å². The summed E-state index contributed by atoms with van der Waals surface area (Å²) in [6.07, 6.45) is 2.77. The average Bonchev–Trinajstić information content (AvgIpc) is 3.06. The third kappa shape index (κ3) is 2.55. The van der Waals surface area contributed by atoms with Gasteiger partial charge in [-0.2, -0.15) is 0 Å². The van der Waals surface area contributed by atoms with Crippen molar-refractivity contribution in [2.24, 2.45) is 0 Å². The number of thioether (sulfide) groups is 1. The van der Waals surface area contributed by atoms with Gasteiger partial charge in [-0.25, -0.2) is 14.4 Å². The first-order valence-electron chi connectivity index (χ1n) is 7.51. The summed E-state index contributed by atoms with van der Waals surface area (Å²) in [7, 11) is 0. The Labute approximate surface area is 156 Å². The second-order valence-corrected chi connectivity index (χ2v) is 7.53. The van der Waals surface area contributed by atoms with E-state index < -0.39 is 5.82 Å². The summed E-state index contributed by atoms with van der Waals surface area (Å²) >= 11 is 10.9. The zero-order valence-electron chi connectivity index (χ0n) is 12.8. The molecule has 0 bridgehead atoms. The highest BCUT2D eigenvalue weighted by Crippen LogP contribution is 2.46. The molecule has 0 unspecified atom stereocenters. The molecule has 4 rings (SSSR count). The number of nitrogens with zero attached hydrogens (tertiary/aromatic N) is 3. The summed E-state index contributed by atoms with van der Waals surface area (Å²) in [6, 6.07) is 0.192. The quantitative estimate of drug-likeness (QED) is 0.406. The maximum absolute atomic E-state index is 14.8. The molecule has 0 saturated carbocycles. The lowest BCUT2D eigenvalue weighted by Crippen LogP contribution is -2.38. The second kappa shape index (κ2) is 6.48. The van der Waals surface area contributed by atoms with Gasteiger partial charge in [0.2, 0.25) is 0 Å². The smallest absolute Gasteiger partial charge is 0.189 e. The number of anilines is 1. The van der Waals surface area contributed by atoms with Crippen LogP contribution in [0.2, 0.25) is 5.02 Å². The van der Waals surface area contributed by atoms with E-state index in [0.717, 1.165) is 6.42 Å². The van der Waals surface area contributed by atoms with Gasteiger partial charge in [-0.3, -0.25) is 0 Å². The minimum absolute atomic E-state index is 0.168. The van der Waals surface area contributed by atoms with Gasteiger partial charge in [0.25, 0.3) is 0 Å². The van der Waals surface area contributed by atoms with E-state index in [0.29, 0.717) is 48.5 Å². The number of hydrogen-bond donors (Lipinski definition) is 0. The fourth-order valence-electron chi connectivity index (χ4n) is 3.12. The maximum atomic E-state index is 14.8. The molecule has 1 aromatic heterocycles. The molecule has 0 amide bonds. The fraction of sp³-hybridized carbons (Fsp3) is 0.467. The molecule has 3 heterocycles. The Hall–Kier alpha value is -0.830. The van der Waals surface area contributed by atoms with E-state index in [4.69, 9.17) is 21.1 Å². The highest BCUT2D eigenvalue weighted by Gasteiger charge is 2.32. The minimum atomic E-state index is -0.495. The molecule has 0 N–H and O–H groups in total. The van der Waals surface area contributed by atoms with Gasteiger partial charge in [0.05, 0.1) is 29.1 Å².